The van der Waals surface area contributed by atoms with Crippen molar-refractivity contribution < 1.29 is 9.32 Å². The van der Waals surface area contributed by atoms with Gasteiger partial charge in [0.15, 0.2) is 5.82 Å². The third-order valence-corrected chi connectivity index (χ3v) is 2.47. The Morgan fingerprint density at radius 1 is 1.26 bits per heavy atom. The molecule has 0 saturated carbocycles. The number of aryl methyl sites for hydroxylation is 2. The number of anilines is 1. The number of benzene rings is 1. The third-order valence-electron chi connectivity index (χ3n) is 2.47. The fourth-order valence-corrected chi connectivity index (χ4v) is 1.54. The van der Waals surface area contributed by atoms with E-state index in [0.717, 1.165) is 11.3 Å². The van der Waals surface area contributed by atoms with E-state index >= 15 is 0 Å². The molecule has 0 aliphatic heterocycles. The third kappa shape index (κ3) is 4.18. The van der Waals surface area contributed by atoms with Gasteiger partial charge >= 0.3 is 0 Å². The maximum atomic E-state index is 11.7. The van der Waals surface area contributed by atoms with Crippen LogP contribution in [-0.4, -0.2) is 22.6 Å². The molecular weight excluding hydrogens is 244 g/mol. The summed E-state index contributed by atoms with van der Waals surface area (Å²) in [5.41, 5.74) is 1.94. The number of rotatable bonds is 5. The van der Waals surface area contributed by atoms with E-state index in [1.165, 1.54) is 0 Å². The molecule has 0 spiro atoms. The Balaban J connectivity index is 1.74. The highest BCUT2D eigenvalue weighted by Gasteiger charge is 2.04. The lowest BCUT2D eigenvalue weighted by Crippen LogP contribution is -2.28. The molecule has 1 aromatic carbocycles. The molecule has 1 aromatic heterocycles. The van der Waals surface area contributed by atoms with Gasteiger partial charge in [0.2, 0.25) is 11.8 Å². The predicted octanol–water partition coefficient (Wildman–Crippen LogP) is 1.41. The molecule has 2 aromatic rings. The number of carbonyl (C=O) groups excluding carboxylic acids is 1. The minimum absolute atomic E-state index is 0.107. The lowest BCUT2D eigenvalue weighted by molar-refractivity contribution is -0.115. The molecule has 19 heavy (non-hydrogen) atoms. The van der Waals surface area contributed by atoms with Crippen LogP contribution in [0.5, 0.6) is 0 Å². The van der Waals surface area contributed by atoms with Crippen LogP contribution in [0.15, 0.2) is 28.8 Å². The van der Waals surface area contributed by atoms with E-state index < -0.39 is 0 Å². The molecule has 0 unspecified atom stereocenters. The summed E-state index contributed by atoms with van der Waals surface area (Å²) in [4.78, 5) is 15.7. The van der Waals surface area contributed by atoms with Crippen LogP contribution in [0.3, 0.4) is 0 Å². The monoisotopic (exact) mass is 260 g/mol. The van der Waals surface area contributed by atoms with Gasteiger partial charge in [-0.15, -0.1) is 0 Å². The average molecular weight is 260 g/mol. The number of carbonyl (C=O) groups is 1. The van der Waals surface area contributed by atoms with E-state index in [0.29, 0.717) is 18.3 Å². The Hall–Kier alpha value is -2.21. The van der Waals surface area contributed by atoms with Gasteiger partial charge in [0, 0.05) is 12.6 Å². The summed E-state index contributed by atoms with van der Waals surface area (Å²) < 4.78 is 4.83. The van der Waals surface area contributed by atoms with Gasteiger partial charge < -0.3 is 15.2 Å². The molecule has 1 amide bonds. The van der Waals surface area contributed by atoms with E-state index in [9.17, 15) is 4.79 Å². The molecule has 0 saturated heterocycles. The molecule has 2 N–H and O–H groups in total. The molecule has 6 nitrogen and oxygen atoms in total. The Bertz CT molecular complexity index is 548. The average Bonchev–Trinajstić information content (AvgIpc) is 2.78. The van der Waals surface area contributed by atoms with Crippen LogP contribution in [0.25, 0.3) is 0 Å². The Morgan fingerprint density at radius 2 is 2.00 bits per heavy atom. The zero-order chi connectivity index (χ0) is 13.7. The van der Waals surface area contributed by atoms with Crippen molar-refractivity contribution in [3.63, 3.8) is 0 Å². The van der Waals surface area contributed by atoms with Crippen LogP contribution in [0.2, 0.25) is 0 Å². The molecule has 100 valence electrons. The highest BCUT2D eigenvalue weighted by molar-refractivity contribution is 5.92. The molecule has 6 heteroatoms. The Labute approximate surface area is 111 Å². The molecular formula is C13H16N4O2. The van der Waals surface area contributed by atoms with Crippen LogP contribution in [0.1, 0.15) is 17.3 Å². The highest BCUT2D eigenvalue weighted by Crippen LogP contribution is 2.07. The first-order valence-electron chi connectivity index (χ1n) is 6.00. The quantitative estimate of drug-likeness (QED) is 0.849. The molecule has 0 fully saturated rings. The number of hydrogen-bond donors (Lipinski definition) is 2. The van der Waals surface area contributed by atoms with Gasteiger partial charge in [-0.25, -0.2) is 0 Å². The van der Waals surface area contributed by atoms with Gasteiger partial charge in [0.05, 0.1) is 13.1 Å². The van der Waals surface area contributed by atoms with Crippen LogP contribution in [0, 0.1) is 13.8 Å². The smallest absolute Gasteiger partial charge is 0.238 e. The lowest BCUT2D eigenvalue weighted by atomic mass is 10.2. The van der Waals surface area contributed by atoms with Crippen molar-refractivity contribution in [2.45, 2.75) is 20.4 Å². The van der Waals surface area contributed by atoms with E-state index in [2.05, 4.69) is 20.8 Å². The number of aromatic nitrogens is 2. The zero-order valence-electron chi connectivity index (χ0n) is 10.9. The molecule has 0 bridgehead atoms. The van der Waals surface area contributed by atoms with E-state index in [4.69, 9.17) is 4.52 Å². The van der Waals surface area contributed by atoms with E-state index in [1.807, 2.05) is 31.2 Å². The van der Waals surface area contributed by atoms with Crippen molar-refractivity contribution in [1.82, 2.24) is 15.5 Å². The standard InChI is InChI=1S/C13H16N4O2/c1-9-3-5-11(6-4-9)16-13(18)8-14-7-12-15-10(2)19-17-12/h3-6,14H,7-8H2,1-2H3,(H,16,18). The fraction of sp³-hybridized carbons (Fsp3) is 0.308. The van der Waals surface area contributed by atoms with Gasteiger partial charge in [-0.1, -0.05) is 22.9 Å². The number of nitrogens with one attached hydrogen (secondary N) is 2. The van der Waals surface area contributed by atoms with Crippen LogP contribution in [0.4, 0.5) is 5.69 Å². The molecule has 0 aliphatic rings. The van der Waals surface area contributed by atoms with E-state index in [1.54, 1.807) is 6.92 Å². The Kier molecular flexibility index (Phi) is 4.25. The Morgan fingerprint density at radius 3 is 2.63 bits per heavy atom. The first-order chi connectivity index (χ1) is 9.13. The van der Waals surface area contributed by atoms with Crippen LogP contribution in [-0.2, 0) is 11.3 Å². The maximum Gasteiger partial charge on any atom is 0.238 e. The summed E-state index contributed by atoms with van der Waals surface area (Å²) in [6, 6.07) is 7.64. The zero-order valence-corrected chi connectivity index (χ0v) is 10.9. The predicted molar refractivity (Wildman–Crippen MR) is 70.6 cm³/mol. The first-order valence-corrected chi connectivity index (χ1v) is 6.00. The van der Waals surface area contributed by atoms with Gasteiger partial charge in [0.1, 0.15) is 0 Å². The summed E-state index contributed by atoms with van der Waals surface area (Å²) >= 11 is 0. The number of amides is 1. The summed E-state index contributed by atoms with van der Waals surface area (Å²) in [5.74, 6) is 0.950. The van der Waals surface area contributed by atoms with Crippen LogP contribution >= 0.6 is 0 Å². The summed E-state index contributed by atoms with van der Waals surface area (Å²) in [6.07, 6.45) is 0. The van der Waals surface area contributed by atoms with Gasteiger partial charge in [-0.05, 0) is 19.1 Å². The first kappa shape index (κ1) is 13.2. The molecule has 1 heterocycles. The maximum absolute atomic E-state index is 11.7. The molecule has 2 rings (SSSR count). The lowest BCUT2D eigenvalue weighted by Gasteiger charge is -2.05. The summed E-state index contributed by atoms with van der Waals surface area (Å²) in [7, 11) is 0. The van der Waals surface area contributed by atoms with E-state index in [-0.39, 0.29) is 12.5 Å². The molecule has 0 radical (unpaired) electrons. The van der Waals surface area contributed by atoms with Gasteiger partial charge in [-0.3, -0.25) is 4.79 Å². The van der Waals surface area contributed by atoms with Crippen molar-refractivity contribution >= 4 is 11.6 Å². The second-order valence-electron chi connectivity index (χ2n) is 4.25. The SMILES string of the molecule is Cc1ccc(NC(=O)CNCc2noc(C)n2)cc1. The minimum atomic E-state index is -0.107. The summed E-state index contributed by atoms with van der Waals surface area (Å²) in [5, 5.41) is 9.47. The van der Waals surface area contributed by atoms with Crippen molar-refractivity contribution in [2.75, 3.05) is 11.9 Å². The van der Waals surface area contributed by atoms with Crippen molar-refractivity contribution in [3.05, 3.63) is 41.5 Å². The molecule has 0 aliphatic carbocycles. The normalized spacial score (nSPS) is 10.4. The topological polar surface area (TPSA) is 80.0 Å². The van der Waals surface area contributed by atoms with Gasteiger partial charge in [0.25, 0.3) is 0 Å². The fourth-order valence-electron chi connectivity index (χ4n) is 1.54. The van der Waals surface area contributed by atoms with Crippen molar-refractivity contribution in [2.24, 2.45) is 0 Å². The van der Waals surface area contributed by atoms with Crippen molar-refractivity contribution in [3.8, 4) is 0 Å². The number of nitrogens with zero attached hydrogens (tertiary/aromatic N) is 2. The largest absolute Gasteiger partial charge is 0.340 e. The minimum Gasteiger partial charge on any atom is -0.340 e. The number of hydrogen-bond acceptors (Lipinski definition) is 5. The van der Waals surface area contributed by atoms with Crippen molar-refractivity contribution in [1.29, 1.82) is 0 Å². The second-order valence-corrected chi connectivity index (χ2v) is 4.25. The van der Waals surface area contributed by atoms with Gasteiger partial charge in [-0.2, -0.15) is 4.98 Å². The summed E-state index contributed by atoms with van der Waals surface area (Å²) in [6.45, 7) is 4.32. The second kappa shape index (κ2) is 6.10. The highest BCUT2D eigenvalue weighted by atomic mass is 16.5. The van der Waals surface area contributed by atoms with Crippen LogP contribution < -0.4 is 10.6 Å². The molecule has 0 atom stereocenters.